The molecular formula is C30H38Br2O4. The average molecular weight is 622 g/mol. The number of hydrogen-bond acceptors (Lipinski definition) is 4. The quantitative estimate of drug-likeness (QED) is 0.149. The van der Waals surface area contributed by atoms with Crippen LogP contribution in [0, 0.1) is 0 Å². The highest BCUT2D eigenvalue weighted by molar-refractivity contribution is 9.11. The Morgan fingerprint density at radius 2 is 0.917 bits per heavy atom. The summed E-state index contributed by atoms with van der Waals surface area (Å²) in [6.45, 7) is 5.45. The molecule has 0 saturated carbocycles. The Balaban J connectivity index is 1.75. The summed E-state index contributed by atoms with van der Waals surface area (Å²) in [5.74, 6) is 0.525. The molecule has 0 heterocycles. The minimum absolute atomic E-state index is 0.198. The van der Waals surface area contributed by atoms with Crippen molar-refractivity contribution in [3.63, 3.8) is 0 Å². The molecule has 0 radical (unpaired) electrons. The number of carbonyl (C=O) groups excluding carboxylic acids is 2. The fraction of sp³-hybridized carbons (Fsp3) is 0.533. The molecule has 0 aromatic heterocycles. The van der Waals surface area contributed by atoms with E-state index >= 15 is 0 Å². The maximum Gasteiger partial charge on any atom is 0.198 e. The Labute approximate surface area is 232 Å². The second-order valence-electron chi connectivity index (χ2n) is 9.49. The average Bonchev–Trinajstić information content (AvgIpc) is 2.87. The molecule has 36 heavy (non-hydrogen) atoms. The zero-order valence-electron chi connectivity index (χ0n) is 21.6. The van der Waals surface area contributed by atoms with E-state index < -0.39 is 0 Å². The molecule has 0 aliphatic heterocycles. The summed E-state index contributed by atoms with van der Waals surface area (Å²) in [5, 5.41) is 0. The molecule has 2 aromatic rings. The Kier molecular flexibility index (Phi) is 12.0. The number of carbonyl (C=O) groups is 2. The van der Waals surface area contributed by atoms with Gasteiger partial charge in [0.05, 0.1) is 33.3 Å². The van der Waals surface area contributed by atoms with Crippen molar-refractivity contribution in [2.45, 2.75) is 90.9 Å². The van der Waals surface area contributed by atoms with Crippen LogP contribution in [-0.4, -0.2) is 24.8 Å². The first-order valence-corrected chi connectivity index (χ1v) is 15.1. The molecule has 1 aliphatic carbocycles. The van der Waals surface area contributed by atoms with Crippen molar-refractivity contribution < 1.29 is 19.1 Å². The van der Waals surface area contributed by atoms with Gasteiger partial charge in [0.25, 0.3) is 0 Å². The van der Waals surface area contributed by atoms with Crippen LogP contribution in [-0.2, 0) is 0 Å². The topological polar surface area (TPSA) is 52.6 Å². The molecule has 3 rings (SSSR count). The molecule has 0 atom stereocenters. The van der Waals surface area contributed by atoms with Crippen LogP contribution in [0.25, 0.3) is 0 Å². The largest absolute Gasteiger partial charge is 0.492 e. The Hall–Kier alpha value is -1.66. The Bertz CT molecular complexity index is 964. The van der Waals surface area contributed by atoms with E-state index in [1.165, 1.54) is 51.4 Å². The van der Waals surface area contributed by atoms with Gasteiger partial charge in [0.1, 0.15) is 11.5 Å². The van der Waals surface area contributed by atoms with Crippen LogP contribution >= 0.6 is 31.9 Å². The highest BCUT2D eigenvalue weighted by Crippen LogP contribution is 2.42. The molecule has 0 spiro atoms. The third-order valence-electron chi connectivity index (χ3n) is 6.65. The Morgan fingerprint density at radius 1 is 0.556 bits per heavy atom. The summed E-state index contributed by atoms with van der Waals surface area (Å²) in [4.78, 5) is 27.3. The maximum atomic E-state index is 13.6. The molecule has 0 amide bonds. The van der Waals surface area contributed by atoms with Gasteiger partial charge >= 0.3 is 0 Å². The van der Waals surface area contributed by atoms with Gasteiger partial charge in [-0.05, 0) is 69.0 Å². The highest BCUT2D eigenvalue weighted by atomic mass is 79.9. The number of rotatable bonds is 16. The van der Waals surface area contributed by atoms with Gasteiger partial charge in [-0.1, -0.05) is 78.1 Å². The number of hydrogen-bond donors (Lipinski definition) is 0. The summed E-state index contributed by atoms with van der Waals surface area (Å²) >= 11 is 7.07. The first-order chi connectivity index (χ1) is 17.5. The minimum Gasteiger partial charge on any atom is -0.492 e. The molecular weight excluding hydrogens is 584 g/mol. The summed E-state index contributed by atoms with van der Waals surface area (Å²) in [5.41, 5.74) is 1.43. The van der Waals surface area contributed by atoms with Crippen LogP contribution in [0.1, 0.15) is 123 Å². The lowest BCUT2D eigenvalue weighted by molar-refractivity contribution is 0.0971. The van der Waals surface area contributed by atoms with E-state index in [2.05, 4.69) is 45.7 Å². The molecule has 4 nitrogen and oxygen atoms in total. The fourth-order valence-electron chi connectivity index (χ4n) is 4.61. The number of unbranched alkanes of at least 4 members (excludes halogenated alkanes) is 10. The van der Waals surface area contributed by atoms with Crippen molar-refractivity contribution in [1.82, 2.24) is 0 Å². The monoisotopic (exact) mass is 620 g/mol. The fourth-order valence-corrected chi connectivity index (χ4v) is 5.50. The van der Waals surface area contributed by atoms with Crippen molar-refractivity contribution in [1.29, 1.82) is 0 Å². The van der Waals surface area contributed by atoms with Crippen molar-refractivity contribution in [3.05, 3.63) is 55.5 Å². The van der Waals surface area contributed by atoms with Crippen LogP contribution in [0.5, 0.6) is 11.5 Å². The standard InChI is InChI=1S/C30H38Br2O4/c1-3-5-7-9-11-13-19-35-29-23(31)17-15-21-25(29)27(33)22-16-18-24(32)30(26(22)28(21)34)36-20-14-12-10-8-6-4-2/h15-18H,3-14,19-20H2,1-2H3. The summed E-state index contributed by atoms with van der Waals surface area (Å²) in [6, 6.07) is 7.00. The first-order valence-electron chi connectivity index (χ1n) is 13.5. The zero-order chi connectivity index (χ0) is 25.9. The summed E-state index contributed by atoms with van der Waals surface area (Å²) in [6.07, 6.45) is 13.8. The van der Waals surface area contributed by atoms with Gasteiger partial charge in [-0.3, -0.25) is 9.59 Å². The summed E-state index contributed by atoms with van der Waals surface area (Å²) in [7, 11) is 0. The van der Waals surface area contributed by atoms with Crippen LogP contribution in [0.4, 0.5) is 0 Å². The van der Waals surface area contributed by atoms with E-state index in [9.17, 15) is 9.59 Å². The van der Waals surface area contributed by atoms with Gasteiger partial charge in [-0.2, -0.15) is 0 Å². The van der Waals surface area contributed by atoms with Gasteiger partial charge in [0, 0.05) is 11.1 Å². The van der Waals surface area contributed by atoms with E-state index in [4.69, 9.17) is 9.47 Å². The molecule has 0 N–H and O–H groups in total. The molecule has 1 aliphatic rings. The SMILES string of the molecule is CCCCCCCCOc1c(Br)ccc2c1C(=O)c1ccc(Br)c(OCCCCCCCC)c1C2=O. The van der Waals surface area contributed by atoms with Crippen LogP contribution in [0.2, 0.25) is 0 Å². The second kappa shape index (κ2) is 14.9. The number of ketones is 2. The van der Waals surface area contributed by atoms with E-state index in [1.807, 2.05) is 0 Å². The smallest absolute Gasteiger partial charge is 0.198 e. The van der Waals surface area contributed by atoms with Crippen molar-refractivity contribution in [2.24, 2.45) is 0 Å². The highest BCUT2D eigenvalue weighted by Gasteiger charge is 2.36. The number of fused-ring (bicyclic) bond motifs is 2. The lowest BCUT2D eigenvalue weighted by Crippen LogP contribution is -2.23. The second-order valence-corrected chi connectivity index (χ2v) is 11.2. The summed E-state index contributed by atoms with van der Waals surface area (Å²) < 4.78 is 13.6. The molecule has 6 heteroatoms. The lowest BCUT2D eigenvalue weighted by atomic mass is 9.83. The van der Waals surface area contributed by atoms with Crippen LogP contribution in [0.15, 0.2) is 33.2 Å². The first kappa shape index (κ1) is 28.9. The van der Waals surface area contributed by atoms with Crippen LogP contribution < -0.4 is 9.47 Å². The van der Waals surface area contributed by atoms with Gasteiger partial charge in [-0.25, -0.2) is 0 Å². The molecule has 0 saturated heterocycles. The molecule has 196 valence electrons. The van der Waals surface area contributed by atoms with E-state index in [0.29, 0.717) is 55.9 Å². The van der Waals surface area contributed by atoms with Crippen LogP contribution in [0.3, 0.4) is 0 Å². The normalized spacial score (nSPS) is 12.4. The van der Waals surface area contributed by atoms with Crippen molar-refractivity contribution in [2.75, 3.05) is 13.2 Å². The third kappa shape index (κ3) is 7.22. The molecule has 0 fully saturated rings. The molecule has 2 aromatic carbocycles. The van der Waals surface area contributed by atoms with Gasteiger partial charge < -0.3 is 9.47 Å². The minimum atomic E-state index is -0.198. The van der Waals surface area contributed by atoms with Gasteiger partial charge in [0.2, 0.25) is 0 Å². The van der Waals surface area contributed by atoms with Gasteiger partial charge in [0.15, 0.2) is 11.6 Å². The number of ether oxygens (including phenoxy) is 2. The number of halogens is 2. The predicted molar refractivity (Wildman–Crippen MR) is 153 cm³/mol. The molecule has 0 bridgehead atoms. The third-order valence-corrected chi connectivity index (χ3v) is 7.90. The van der Waals surface area contributed by atoms with E-state index in [1.54, 1.807) is 24.3 Å². The van der Waals surface area contributed by atoms with Crippen molar-refractivity contribution >= 4 is 43.4 Å². The van der Waals surface area contributed by atoms with E-state index in [-0.39, 0.29) is 11.6 Å². The predicted octanol–water partition coefficient (Wildman–Crippen LogP) is 9.47. The van der Waals surface area contributed by atoms with Crippen molar-refractivity contribution in [3.8, 4) is 11.5 Å². The Morgan fingerprint density at radius 3 is 1.31 bits per heavy atom. The lowest BCUT2D eigenvalue weighted by Gasteiger charge is -2.23. The number of benzene rings is 2. The molecule has 0 unspecified atom stereocenters. The maximum absolute atomic E-state index is 13.6. The van der Waals surface area contributed by atoms with Gasteiger partial charge in [-0.15, -0.1) is 0 Å². The van der Waals surface area contributed by atoms with E-state index in [0.717, 1.165) is 25.7 Å². The zero-order valence-corrected chi connectivity index (χ0v) is 24.8.